The van der Waals surface area contributed by atoms with Gasteiger partial charge in [0.05, 0.1) is 0 Å². The molecular weight excluding hydrogens is 308 g/mol. The van der Waals surface area contributed by atoms with Crippen molar-refractivity contribution in [3.05, 3.63) is 48.0 Å². The molecule has 3 nitrogen and oxygen atoms in total. The van der Waals surface area contributed by atoms with Crippen molar-refractivity contribution >= 4 is 23.2 Å². The molecule has 1 atom stereocenters. The minimum atomic E-state index is -0.167. The van der Waals surface area contributed by atoms with Gasteiger partial charge in [0.15, 0.2) is 0 Å². The number of halogens is 1. The molecule has 23 heavy (non-hydrogen) atoms. The van der Waals surface area contributed by atoms with E-state index in [1.165, 1.54) is 16.3 Å². The van der Waals surface area contributed by atoms with Crippen LogP contribution in [0.4, 0.5) is 0 Å². The van der Waals surface area contributed by atoms with E-state index in [9.17, 15) is 5.11 Å². The lowest BCUT2D eigenvalue weighted by Gasteiger charge is -2.43. The predicted octanol–water partition coefficient (Wildman–Crippen LogP) is 3.23. The first-order valence-electron chi connectivity index (χ1n) is 8.16. The summed E-state index contributed by atoms with van der Waals surface area (Å²) in [5, 5.41) is 15.9. The van der Waals surface area contributed by atoms with E-state index in [1.54, 1.807) is 0 Å². The second kappa shape index (κ2) is 7.63. The molecule has 0 bridgehead atoms. The fourth-order valence-corrected chi connectivity index (χ4v) is 3.56. The van der Waals surface area contributed by atoms with Gasteiger partial charge in [-0.2, -0.15) is 0 Å². The lowest BCUT2D eigenvalue weighted by atomic mass is 9.79. The Kier molecular flexibility index (Phi) is 6.04. The van der Waals surface area contributed by atoms with Crippen LogP contribution in [0.2, 0.25) is 0 Å². The zero-order chi connectivity index (χ0) is 15.6. The van der Waals surface area contributed by atoms with Gasteiger partial charge in [0, 0.05) is 44.2 Å². The molecule has 0 spiro atoms. The van der Waals surface area contributed by atoms with Crippen LogP contribution >= 0.6 is 12.4 Å². The summed E-state index contributed by atoms with van der Waals surface area (Å²) >= 11 is 0. The van der Waals surface area contributed by atoms with Gasteiger partial charge in [0.2, 0.25) is 0 Å². The normalized spacial score (nSPS) is 17.7. The molecule has 1 saturated heterocycles. The van der Waals surface area contributed by atoms with Gasteiger partial charge in [-0.05, 0) is 22.4 Å². The van der Waals surface area contributed by atoms with Gasteiger partial charge in [-0.15, -0.1) is 12.4 Å². The average Bonchev–Trinajstić information content (AvgIpc) is 2.56. The first-order chi connectivity index (χ1) is 10.6. The van der Waals surface area contributed by atoms with Gasteiger partial charge < -0.3 is 10.4 Å². The minimum Gasteiger partial charge on any atom is -0.396 e. The molecule has 2 N–H and O–H groups in total. The Balaban J connectivity index is 0.00000192. The summed E-state index contributed by atoms with van der Waals surface area (Å²) in [6.45, 7) is 8.61. The molecule has 1 fully saturated rings. The molecule has 0 amide bonds. The lowest BCUT2D eigenvalue weighted by Crippen LogP contribution is -2.49. The number of rotatable bonds is 4. The second-order valence-corrected chi connectivity index (χ2v) is 6.94. The third-order valence-electron chi connectivity index (χ3n) is 4.75. The molecule has 1 heterocycles. The molecule has 0 unspecified atom stereocenters. The first-order valence-corrected chi connectivity index (χ1v) is 8.16. The number of hydrogen-bond acceptors (Lipinski definition) is 3. The summed E-state index contributed by atoms with van der Waals surface area (Å²) in [5.41, 5.74) is 1.14. The number of nitrogens with one attached hydrogen (secondary N) is 1. The minimum absolute atomic E-state index is 0. The Labute approximate surface area is 145 Å². The molecular formula is C19H27ClN2O. The van der Waals surface area contributed by atoms with E-state index >= 15 is 0 Å². The van der Waals surface area contributed by atoms with Crippen LogP contribution in [-0.2, 0) is 0 Å². The van der Waals surface area contributed by atoms with Gasteiger partial charge in [0.25, 0.3) is 0 Å². The van der Waals surface area contributed by atoms with E-state index in [4.69, 9.17) is 0 Å². The summed E-state index contributed by atoms with van der Waals surface area (Å²) in [4.78, 5) is 2.51. The lowest BCUT2D eigenvalue weighted by molar-refractivity contribution is 0.0306. The van der Waals surface area contributed by atoms with E-state index in [-0.39, 0.29) is 30.5 Å². The Bertz CT molecular complexity index is 638. The number of piperazine rings is 1. The van der Waals surface area contributed by atoms with Crippen molar-refractivity contribution in [2.45, 2.75) is 19.9 Å². The van der Waals surface area contributed by atoms with Crippen LogP contribution in [-0.4, -0.2) is 42.8 Å². The largest absolute Gasteiger partial charge is 0.396 e. The molecule has 1 aliphatic rings. The Hall–Kier alpha value is -1.13. The fourth-order valence-electron chi connectivity index (χ4n) is 3.56. The standard InChI is InChI=1S/C19H26N2O.ClH/c1-19(2,14-22)18(21-11-9-20-10-12-21)17-8-7-15-5-3-4-6-16(15)13-17;/h3-8,13,18,20,22H,9-12,14H2,1-2H3;1H/t18-;/m1./s1. The van der Waals surface area contributed by atoms with Crippen molar-refractivity contribution in [3.63, 3.8) is 0 Å². The molecule has 0 aliphatic carbocycles. The van der Waals surface area contributed by atoms with Crippen molar-refractivity contribution in [3.8, 4) is 0 Å². The van der Waals surface area contributed by atoms with Crippen LogP contribution in [0.1, 0.15) is 25.5 Å². The zero-order valence-corrected chi connectivity index (χ0v) is 14.8. The summed E-state index contributed by atoms with van der Waals surface area (Å²) in [7, 11) is 0. The smallest absolute Gasteiger partial charge is 0.0500 e. The number of aliphatic hydroxyl groups is 1. The van der Waals surface area contributed by atoms with Crippen LogP contribution in [0.25, 0.3) is 10.8 Å². The molecule has 1 aliphatic heterocycles. The number of nitrogens with zero attached hydrogens (tertiary/aromatic N) is 1. The Morgan fingerprint density at radius 3 is 2.39 bits per heavy atom. The van der Waals surface area contributed by atoms with Gasteiger partial charge in [0.1, 0.15) is 0 Å². The van der Waals surface area contributed by atoms with Crippen LogP contribution in [0, 0.1) is 5.41 Å². The quantitative estimate of drug-likeness (QED) is 0.901. The molecule has 126 valence electrons. The van der Waals surface area contributed by atoms with Gasteiger partial charge >= 0.3 is 0 Å². The molecule has 4 heteroatoms. The van der Waals surface area contributed by atoms with Gasteiger partial charge in [-0.3, -0.25) is 4.90 Å². The van der Waals surface area contributed by atoms with Crippen LogP contribution in [0.5, 0.6) is 0 Å². The SMILES string of the molecule is CC(C)(CO)[C@@H](c1ccc2ccccc2c1)N1CCNCC1.Cl. The highest BCUT2D eigenvalue weighted by Gasteiger charge is 2.35. The molecule has 3 rings (SSSR count). The average molecular weight is 335 g/mol. The summed E-state index contributed by atoms with van der Waals surface area (Å²) < 4.78 is 0. The van der Waals surface area contributed by atoms with Crippen molar-refractivity contribution in [1.29, 1.82) is 0 Å². The fraction of sp³-hybridized carbons (Fsp3) is 0.474. The maximum atomic E-state index is 9.93. The van der Waals surface area contributed by atoms with Crippen molar-refractivity contribution in [1.82, 2.24) is 10.2 Å². The topological polar surface area (TPSA) is 35.5 Å². The summed E-state index contributed by atoms with van der Waals surface area (Å²) in [5.74, 6) is 0. The molecule has 2 aromatic rings. The van der Waals surface area contributed by atoms with Crippen molar-refractivity contribution < 1.29 is 5.11 Å². The summed E-state index contributed by atoms with van der Waals surface area (Å²) in [6, 6.07) is 15.4. The number of fused-ring (bicyclic) bond motifs is 1. The highest BCUT2D eigenvalue weighted by atomic mass is 35.5. The highest BCUT2D eigenvalue weighted by molar-refractivity contribution is 5.85. The predicted molar refractivity (Wildman–Crippen MR) is 99.2 cm³/mol. The van der Waals surface area contributed by atoms with Crippen LogP contribution in [0.3, 0.4) is 0 Å². The third-order valence-corrected chi connectivity index (χ3v) is 4.75. The number of aliphatic hydroxyl groups excluding tert-OH is 1. The van der Waals surface area contributed by atoms with E-state index < -0.39 is 0 Å². The van der Waals surface area contributed by atoms with Crippen molar-refractivity contribution in [2.24, 2.45) is 5.41 Å². The molecule has 0 saturated carbocycles. The monoisotopic (exact) mass is 334 g/mol. The molecule has 0 radical (unpaired) electrons. The second-order valence-electron chi connectivity index (χ2n) is 6.94. The van der Waals surface area contributed by atoms with Gasteiger partial charge in [-0.1, -0.05) is 50.2 Å². The van der Waals surface area contributed by atoms with E-state index in [0.717, 1.165) is 26.2 Å². The van der Waals surface area contributed by atoms with Crippen LogP contribution in [0.15, 0.2) is 42.5 Å². The van der Waals surface area contributed by atoms with E-state index in [2.05, 4.69) is 66.5 Å². The van der Waals surface area contributed by atoms with Gasteiger partial charge in [-0.25, -0.2) is 0 Å². The van der Waals surface area contributed by atoms with Crippen LogP contribution < -0.4 is 5.32 Å². The van der Waals surface area contributed by atoms with Crippen molar-refractivity contribution in [2.75, 3.05) is 32.8 Å². The molecule has 0 aromatic heterocycles. The van der Waals surface area contributed by atoms with E-state index in [1.807, 2.05) is 0 Å². The molecule has 2 aromatic carbocycles. The van der Waals surface area contributed by atoms with E-state index in [0.29, 0.717) is 0 Å². The highest BCUT2D eigenvalue weighted by Crippen LogP contribution is 2.39. The third kappa shape index (κ3) is 3.86. The summed E-state index contributed by atoms with van der Waals surface area (Å²) in [6.07, 6.45) is 0. The first kappa shape index (κ1) is 18.2. The number of benzene rings is 2. The Morgan fingerprint density at radius 1 is 1.09 bits per heavy atom. The zero-order valence-electron chi connectivity index (χ0n) is 14.0. The maximum absolute atomic E-state index is 9.93. The maximum Gasteiger partial charge on any atom is 0.0500 e. The Morgan fingerprint density at radius 2 is 1.74 bits per heavy atom. The number of hydrogen-bond donors (Lipinski definition) is 2.